The summed E-state index contributed by atoms with van der Waals surface area (Å²) in [7, 11) is 3.29. The topological polar surface area (TPSA) is 85.4 Å². The first-order valence-corrected chi connectivity index (χ1v) is 13.6. The Hall–Kier alpha value is -4.44. The molecule has 10 heteroatoms. The molecule has 0 bridgehead atoms. The summed E-state index contributed by atoms with van der Waals surface area (Å²) in [6.45, 7) is 2.21. The van der Waals surface area contributed by atoms with Crippen LogP contribution in [0.25, 0.3) is 0 Å². The van der Waals surface area contributed by atoms with Crippen LogP contribution in [0.2, 0.25) is 0 Å². The number of rotatable bonds is 7. The van der Waals surface area contributed by atoms with E-state index in [0.717, 1.165) is 22.4 Å². The summed E-state index contributed by atoms with van der Waals surface area (Å²) < 4.78 is 18.9. The first-order valence-electron chi connectivity index (χ1n) is 13.6. The number of urea groups is 1. The van der Waals surface area contributed by atoms with Crippen molar-refractivity contribution >= 4 is 17.8 Å². The van der Waals surface area contributed by atoms with Crippen LogP contribution in [0.15, 0.2) is 78.9 Å². The molecule has 2 aliphatic heterocycles. The summed E-state index contributed by atoms with van der Waals surface area (Å²) in [4.78, 5) is 44.4. The van der Waals surface area contributed by atoms with Gasteiger partial charge >= 0.3 is 6.03 Å². The number of halogens is 1. The fourth-order valence-electron chi connectivity index (χ4n) is 5.57. The lowest BCUT2D eigenvalue weighted by molar-refractivity contribution is -0.189. The minimum Gasteiger partial charge on any atom is -0.497 e. The molecule has 3 unspecified atom stereocenters. The van der Waals surface area contributed by atoms with Gasteiger partial charge in [-0.1, -0.05) is 54.6 Å². The van der Waals surface area contributed by atoms with Gasteiger partial charge in [-0.2, -0.15) is 0 Å². The molecule has 2 aliphatic rings. The van der Waals surface area contributed by atoms with Crippen molar-refractivity contribution in [3.05, 3.63) is 101 Å². The van der Waals surface area contributed by atoms with Crippen molar-refractivity contribution in [1.29, 1.82) is 0 Å². The summed E-state index contributed by atoms with van der Waals surface area (Å²) in [5.41, 5.74) is 2.56. The Labute approximate surface area is 239 Å². The van der Waals surface area contributed by atoms with Gasteiger partial charge in [0.1, 0.15) is 23.8 Å². The molecule has 4 amide bonds. The van der Waals surface area contributed by atoms with E-state index in [1.54, 1.807) is 41.1 Å². The van der Waals surface area contributed by atoms with Crippen LogP contribution in [-0.4, -0.2) is 77.1 Å². The lowest BCUT2D eigenvalue weighted by atomic mass is 9.96. The largest absolute Gasteiger partial charge is 0.497 e. The number of carbonyl (C=O) groups excluding carboxylic acids is 3. The summed E-state index contributed by atoms with van der Waals surface area (Å²) in [5.74, 6) is -0.0755. The predicted octanol–water partition coefficient (Wildman–Crippen LogP) is 3.58. The highest BCUT2D eigenvalue weighted by molar-refractivity contribution is 5.92. The zero-order valence-corrected chi connectivity index (χ0v) is 23.4. The Kier molecular flexibility index (Phi) is 8.21. The third kappa shape index (κ3) is 5.88. The molecule has 0 spiro atoms. The van der Waals surface area contributed by atoms with Crippen LogP contribution in [0.1, 0.15) is 29.7 Å². The molecule has 0 saturated carbocycles. The maximum Gasteiger partial charge on any atom is 0.334 e. The van der Waals surface area contributed by atoms with Gasteiger partial charge in [0.05, 0.1) is 26.2 Å². The van der Waals surface area contributed by atoms with E-state index < -0.39 is 18.2 Å². The van der Waals surface area contributed by atoms with E-state index in [1.165, 1.54) is 17.1 Å². The smallest absolute Gasteiger partial charge is 0.334 e. The van der Waals surface area contributed by atoms with Gasteiger partial charge in [0.15, 0.2) is 0 Å². The van der Waals surface area contributed by atoms with Crippen molar-refractivity contribution in [2.24, 2.45) is 0 Å². The quantitative estimate of drug-likeness (QED) is 0.479. The molecule has 5 rings (SSSR count). The fraction of sp³-hybridized carbons (Fsp3) is 0.323. The van der Waals surface area contributed by atoms with Crippen LogP contribution < -0.4 is 10.1 Å². The highest BCUT2D eigenvalue weighted by Crippen LogP contribution is 2.32. The molecule has 2 fully saturated rings. The van der Waals surface area contributed by atoms with Gasteiger partial charge in [0, 0.05) is 20.0 Å². The number of likely N-dealkylation sites (N-methyl/N-ethyl adjacent to an activating group) is 1. The lowest BCUT2D eigenvalue weighted by Gasteiger charge is -2.55. The molecular weight excluding hydrogens is 525 g/mol. The summed E-state index contributed by atoms with van der Waals surface area (Å²) in [6, 6.07) is 21.4. The van der Waals surface area contributed by atoms with Gasteiger partial charge in [-0.3, -0.25) is 9.59 Å². The monoisotopic (exact) mass is 559 g/mol. The number of nitrogens with one attached hydrogen (secondary N) is 1. The number of nitrogens with zero attached hydrogens (tertiary/aromatic N) is 4. The molecule has 0 aromatic heterocycles. The van der Waals surface area contributed by atoms with E-state index in [1.807, 2.05) is 61.5 Å². The van der Waals surface area contributed by atoms with Crippen molar-refractivity contribution in [3.63, 3.8) is 0 Å². The van der Waals surface area contributed by atoms with Gasteiger partial charge in [0.2, 0.25) is 11.8 Å². The molecule has 2 heterocycles. The molecule has 214 valence electrons. The van der Waals surface area contributed by atoms with Crippen molar-refractivity contribution in [2.75, 3.05) is 27.2 Å². The van der Waals surface area contributed by atoms with Crippen LogP contribution in [0, 0.1) is 5.82 Å². The van der Waals surface area contributed by atoms with E-state index in [9.17, 15) is 18.8 Å². The van der Waals surface area contributed by atoms with Crippen molar-refractivity contribution in [3.8, 4) is 5.75 Å². The second kappa shape index (κ2) is 12.0. The van der Waals surface area contributed by atoms with Gasteiger partial charge in [-0.15, -0.1) is 0 Å². The van der Waals surface area contributed by atoms with Gasteiger partial charge in [-0.25, -0.2) is 19.2 Å². The SMILES string of the molecule is COc1ccc(CNC(=O)N2C3CN(C(C)c4ccc(F)cc4)C(=O)C(Cc4ccccc4)N3C(=O)CN2C)cc1. The van der Waals surface area contributed by atoms with Crippen molar-refractivity contribution in [1.82, 2.24) is 25.1 Å². The number of hydrazine groups is 1. The molecule has 1 N–H and O–H groups in total. The number of benzene rings is 3. The Morgan fingerprint density at radius 1 is 1.00 bits per heavy atom. The molecule has 9 nitrogen and oxygen atoms in total. The average molecular weight is 560 g/mol. The van der Waals surface area contributed by atoms with Gasteiger partial charge in [0.25, 0.3) is 0 Å². The Bertz CT molecular complexity index is 1390. The number of methoxy groups -OCH3 is 1. The molecule has 2 saturated heterocycles. The Balaban J connectivity index is 1.45. The Morgan fingerprint density at radius 2 is 1.68 bits per heavy atom. The third-order valence-electron chi connectivity index (χ3n) is 7.79. The fourth-order valence-corrected chi connectivity index (χ4v) is 5.57. The van der Waals surface area contributed by atoms with Crippen molar-refractivity contribution in [2.45, 2.75) is 38.1 Å². The lowest BCUT2D eigenvalue weighted by Crippen LogP contribution is -2.76. The summed E-state index contributed by atoms with van der Waals surface area (Å²) in [6.07, 6.45) is -0.425. The number of fused-ring (bicyclic) bond motifs is 1. The number of hydrogen-bond acceptors (Lipinski definition) is 5. The first-order chi connectivity index (χ1) is 19.8. The normalized spacial score (nSPS) is 20.0. The summed E-state index contributed by atoms with van der Waals surface area (Å²) >= 11 is 0. The van der Waals surface area contributed by atoms with E-state index in [-0.39, 0.29) is 43.3 Å². The molecule has 3 aromatic carbocycles. The van der Waals surface area contributed by atoms with E-state index >= 15 is 0 Å². The maximum atomic E-state index is 14.0. The van der Waals surface area contributed by atoms with E-state index in [0.29, 0.717) is 6.42 Å². The maximum absolute atomic E-state index is 14.0. The van der Waals surface area contributed by atoms with Crippen LogP contribution in [0.3, 0.4) is 0 Å². The third-order valence-corrected chi connectivity index (χ3v) is 7.79. The highest BCUT2D eigenvalue weighted by Gasteiger charge is 2.51. The first kappa shape index (κ1) is 28.1. The minimum absolute atomic E-state index is 0.0431. The second-order valence-electron chi connectivity index (χ2n) is 10.4. The number of hydrogen-bond donors (Lipinski definition) is 1. The summed E-state index contributed by atoms with van der Waals surface area (Å²) in [5, 5.41) is 6.09. The molecule has 41 heavy (non-hydrogen) atoms. The molecule has 3 aromatic rings. The predicted molar refractivity (Wildman–Crippen MR) is 151 cm³/mol. The minimum atomic E-state index is -0.808. The molecule has 0 aliphatic carbocycles. The van der Waals surface area contributed by atoms with Crippen LogP contribution in [-0.2, 0) is 22.6 Å². The number of amides is 4. The molecule has 3 atom stereocenters. The highest BCUT2D eigenvalue weighted by atomic mass is 19.1. The van der Waals surface area contributed by atoms with E-state index in [2.05, 4.69) is 5.32 Å². The van der Waals surface area contributed by atoms with Crippen LogP contribution in [0.4, 0.5) is 9.18 Å². The number of piperazine rings is 1. The number of ether oxygens (including phenoxy) is 1. The average Bonchev–Trinajstić information content (AvgIpc) is 2.98. The van der Waals surface area contributed by atoms with Crippen molar-refractivity contribution < 1.29 is 23.5 Å². The number of carbonyl (C=O) groups is 3. The molecular formula is C31H34FN5O4. The van der Waals surface area contributed by atoms with Gasteiger partial charge < -0.3 is 19.9 Å². The standard InChI is InChI=1S/C31H34FN5O4/c1-21(24-11-13-25(32)14-12-24)35-19-28-36(27(30(35)39)17-22-7-5-4-6-8-22)29(38)20-34(2)37(28)31(40)33-18-23-9-15-26(41-3)16-10-23/h4-16,21,27-28H,17-20H2,1-3H3,(H,33,40). The Morgan fingerprint density at radius 3 is 2.34 bits per heavy atom. The molecule has 0 radical (unpaired) electrons. The zero-order valence-electron chi connectivity index (χ0n) is 23.4. The zero-order chi connectivity index (χ0) is 29.1. The van der Waals surface area contributed by atoms with Crippen LogP contribution >= 0.6 is 0 Å². The van der Waals surface area contributed by atoms with E-state index in [4.69, 9.17) is 4.74 Å². The van der Waals surface area contributed by atoms with Crippen LogP contribution in [0.5, 0.6) is 5.75 Å². The second-order valence-corrected chi connectivity index (χ2v) is 10.4. The van der Waals surface area contributed by atoms with Gasteiger partial charge in [-0.05, 0) is 47.9 Å².